The lowest BCUT2D eigenvalue weighted by Crippen LogP contribution is -2.55. The maximum atomic E-state index is 12.1. The fourth-order valence-electron chi connectivity index (χ4n) is 1.95. The average molecular weight is 324 g/mol. The number of aromatic amines is 1. The Kier molecular flexibility index (Phi) is 4.66. The third-order valence-corrected chi connectivity index (χ3v) is 3.39. The van der Waals surface area contributed by atoms with Crippen molar-refractivity contribution < 1.29 is 14.3 Å². The Morgan fingerprint density at radius 2 is 2.22 bits per heavy atom. The Labute approximate surface area is 131 Å². The van der Waals surface area contributed by atoms with Crippen LogP contribution in [0.15, 0.2) is 11.1 Å². The van der Waals surface area contributed by atoms with Gasteiger partial charge < -0.3 is 15.2 Å². The number of nitrogens with zero attached hydrogens (tertiary/aromatic N) is 3. The van der Waals surface area contributed by atoms with E-state index in [1.54, 1.807) is 20.8 Å². The summed E-state index contributed by atoms with van der Waals surface area (Å²) in [6.07, 6.45) is 1.36. The predicted octanol–water partition coefficient (Wildman–Crippen LogP) is -0.450. The molecule has 0 bridgehead atoms. The van der Waals surface area contributed by atoms with E-state index in [-0.39, 0.29) is 36.4 Å². The minimum absolute atomic E-state index is 0.0440. The highest BCUT2D eigenvalue weighted by Crippen LogP contribution is 2.19. The van der Waals surface area contributed by atoms with Crippen molar-refractivity contribution in [2.24, 2.45) is 11.7 Å². The summed E-state index contributed by atoms with van der Waals surface area (Å²) in [6.45, 7) is 5.21. The fourth-order valence-corrected chi connectivity index (χ4v) is 1.95. The highest BCUT2D eigenvalue weighted by Gasteiger charge is 2.40. The van der Waals surface area contributed by atoms with Crippen molar-refractivity contribution in [3.63, 3.8) is 0 Å². The van der Waals surface area contributed by atoms with Gasteiger partial charge in [-0.1, -0.05) is 13.8 Å². The molecule has 23 heavy (non-hydrogen) atoms. The van der Waals surface area contributed by atoms with Crippen molar-refractivity contribution in [2.45, 2.75) is 33.2 Å². The van der Waals surface area contributed by atoms with Gasteiger partial charge in [-0.25, -0.2) is 9.78 Å². The van der Waals surface area contributed by atoms with Crippen molar-refractivity contribution in [1.29, 1.82) is 0 Å². The van der Waals surface area contributed by atoms with E-state index in [0.29, 0.717) is 0 Å². The first-order valence-corrected chi connectivity index (χ1v) is 7.10. The number of hydrogen-bond acceptors (Lipinski definition) is 8. The standard InChI is InChI=1S/C13H20N6O4/c1-4-22-11(21)13(15,7(2)3)23-6-19-5-16-8-9(19)17-12(14)18-10(8)20/h5,7H,4,6,15H2,1-3H3,(H3,14,17,18,20)/t13-/m0/s1. The molecule has 0 aliphatic rings. The summed E-state index contributed by atoms with van der Waals surface area (Å²) in [5, 5.41) is 0. The van der Waals surface area contributed by atoms with E-state index in [1.165, 1.54) is 10.9 Å². The summed E-state index contributed by atoms with van der Waals surface area (Å²) in [6, 6.07) is 0. The molecule has 0 spiro atoms. The molecule has 0 aliphatic carbocycles. The monoisotopic (exact) mass is 324 g/mol. The molecule has 0 aromatic carbocycles. The molecule has 2 aromatic rings. The molecule has 0 unspecified atom stereocenters. The lowest BCUT2D eigenvalue weighted by Gasteiger charge is -2.30. The normalized spacial score (nSPS) is 14.1. The first kappa shape index (κ1) is 16.9. The molecule has 0 radical (unpaired) electrons. The Bertz CT molecular complexity index is 767. The van der Waals surface area contributed by atoms with Crippen LogP contribution in [0.1, 0.15) is 20.8 Å². The molecule has 0 amide bonds. The molecule has 0 saturated heterocycles. The van der Waals surface area contributed by atoms with Crippen molar-refractivity contribution in [3.05, 3.63) is 16.7 Å². The minimum Gasteiger partial charge on any atom is -0.463 e. The molecule has 10 heteroatoms. The van der Waals surface area contributed by atoms with Crippen LogP contribution in [0.2, 0.25) is 0 Å². The molecule has 2 heterocycles. The number of ether oxygens (including phenoxy) is 2. The van der Waals surface area contributed by atoms with Crippen LogP contribution in [0, 0.1) is 5.92 Å². The summed E-state index contributed by atoms with van der Waals surface area (Å²) in [4.78, 5) is 34.1. The molecular weight excluding hydrogens is 304 g/mol. The zero-order valence-electron chi connectivity index (χ0n) is 13.2. The van der Waals surface area contributed by atoms with Gasteiger partial charge in [0.2, 0.25) is 11.7 Å². The fraction of sp³-hybridized carbons (Fsp3) is 0.538. The molecule has 0 saturated carbocycles. The smallest absolute Gasteiger partial charge is 0.353 e. The van der Waals surface area contributed by atoms with Gasteiger partial charge in [-0.05, 0) is 6.92 Å². The number of fused-ring (bicyclic) bond motifs is 1. The lowest BCUT2D eigenvalue weighted by molar-refractivity contribution is -0.184. The van der Waals surface area contributed by atoms with Gasteiger partial charge >= 0.3 is 5.97 Å². The predicted molar refractivity (Wildman–Crippen MR) is 82.0 cm³/mol. The molecule has 0 aliphatic heterocycles. The number of nitrogens with one attached hydrogen (secondary N) is 1. The number of imidazole rings is 1. The SMILES string of the molecule is CCOC(=O)[C@@](N)(OCn1cnc2c(=O)[nH]c(N)nc21)C(C)C. The van der Waals surface area contributed by atoms with Crippen LogP contribution >= 0.6 is 0 Å². The van der Waals surface area contributed by atoms with Gasteiger partial charge in [0.1, 0.15) is 6.73 Å². The van der Waals surface area contributed by atoms with Crippen molar-refractivity contribution >= 4 is 23.1 Å². The molecule has 2 aromatic heterocycles. The number of nitrogen functional groups attached to an aromatic ring is 1. The number of hydrogen-bond donors (Lipinski definition) is 3. The van der Waals surface area contributed by atoms with Crippen LogP contribution in [0.4, 0.5) is 5.95 Å². The van der Waals surface area contributed by atoms with Crippen molar-refractivity contribution in [3.8, 4) is 0 Å². The first-order valence-electron chi connectivity index (χ1n) is 7.10. The van der Waals surface area contributed by atoms with Gasteiger partial charge in [-0.15, -0.1) is 0 Å². The van der Waals surface area contributed by atoms with E-state index < -0.39 is 17.3 Å². The van der Waals surface area contributed by atoms with Crippen LogP contribution in [0.3, 0.4) is 0 Å². The number of anilines is 1. The maximum Gasteiger partial charge on any atom is 0.353 e. The highest BCUT2D eigenvalue weighted by molar-refractivity contribution is 5.79. The zero-order valence-corrected chi connectivity index (χ0v) is 13.2. The molecular formula is C13H20N6O4. The first-order chi connectivity index (χ1) is 10.8. The summed E-state index contributed by atoms with van der Waals surface area (Å²) >= 11 is 0. The van der Waals surface area contributed by atoms with Crippen LogP contribution in [0.5, 0.6) is 0 Å². The molecule has 5 N–H and O–H groups in total. The third-order valence-electron chi connectivity index (χ3n) is 3.39. The second-order valence-corrected chi connectivity index (χ2v) is 5.28. The molecule has 1 atom stereocenters. The van der Waals surface area contributed by atoms with Crippen LogP contribution in [0.25, 0.3) is 11.2 Å². The van der Waals surface area contributed by atoms with Gasteiger partial charge in [0.15, 0.2) is 11.2 Å². The molecule has 2 rings (SSSR count). The Morgan fingerprint density at radius 3 is 2.83 bits per heavy atom. The maximum absolute atomic E-state index is 12.1. The second kappa shape index (κ2) is 6.34. The second-order valence-electron chi connectivity index (χ2n) is 5.28. The highest BCUT2D eigenvalue weighted by atomic mass is 16.6. The average Bonchev–Trinajstić information content (AvgIpc) is 2.88. The van der Waals surface area contributed by atoms with Crippen molar-refractivity contribution in [2.75, 3.05) is 12.3 Å². The summed E-state index contributed by atoms with van der Waals surface area (Å²) in [5.41, 5.74) is 9.84. The van der Waals surface area contributed by atoms with E-state index in [1.807, 2.05) is 0 Å². The summed E-state index contributed by atoms with van der Waals surface area (Å²) in [5.74, 6) is -1.04. The quantitative estimate of drug-likeness (QED) is 0.477. The zero-order chi connectivity index (χ0) is 17.2. The van der Waals surface area contributed by atoms with Crippen LogP contribution in [-0.4, -0.2) is 37.8 Å². The van der Waals surface area contributed by atoms with Crippen molar-refractivity contribution in [1.82, 2.24) is 19.5 Å². The number of aromatic nitrogens is 4. The topological polar surface area (TPSA) is 151 Å². The van der Waals surface area contributed by atoms with Gasteiger partial charge in [0, 0.05) is 5.92 Å². The number of esters is 1. The van der Waals surface area contributed by atoms with Crippen LogP contribution in [-0.2, 0) is 21.0 Å². The van der Waals surface area contributed by atoms with E-state index >= 15 is 0 Å². The van der Waals surface area contributed by atoms with E-state index in [9.17, 15) is 9.59 Å². The summed E-state index contributed by atoms with van der Waals surface area (Å²) < 4.78 is 12.0. The Morgan fingerprint density at radius 1 is 1.52 bits per heavy atom. The number of carbonyl (C=O) groups is 1. The largest absolute Gasteiger partial charge is 0.463 e. The summed E-state index contributed by atoms with van der Waals surface area (Å²) in [7, 11) is 0. The van der Waals surface area contributed by atoms with E-state index in [4.69, 9.17) is 20.9 Å². The molecule has 0 fully saturated rings. The minimum atomic E-state index is -1.63. The van der Waals surface area contributed by atoms with Gasteiger partial charge in [-0.3, -0.25) is 20.1 Å². The Balaban J connectivity index is 2.28. The number of H-pyrrole nitrogens is 1. The van der Waals surface area contributed by atoms with Gasteiger partial charge in [0.25, 0.3) is 5.56 Å². The van der Waals surface area contributed by atoms with E-state index in [2.05, 4.69) is 15.0 Å². The molecule has 10 nitrogen and oxygen atoms in total. The molecule has 126 valence electrons. The van der Waals surface area contributed by atoms with Crippen LogP contribution < -0.4 is 17.0 Å². The number of nitrogens with two attached hydrogens (primary N) is 2. The Hall–Kier alpha value is -2.46. The lowest BCUT2D eigenvalue weighted by atomic mass is 10.0. The third kappa shape index (κ3) is 3.17. The van der Waals surface area contributed by atoms with E-state index in [0.717, 1.165) is 0 Å². The number of rotatable bonds is 6. The van der Waals surface area contributed by atoms with Gasteiger partial charge in [-0.2, -0.15) is 4.98 Å². The number of carbonyl (C=O) groups excluding carboxylic acids is 1. The van der Waals surface area contributed by atoms with Gasteiger partial charge in [0.05, 0.1) is 12.9 Å².